The van der Waals surface area contributed by atoms with Gasteiger partial charge in [0.25, 0.3) is 5.91 Å². The molecule has 0 saturated heterocycles. The van der Waals surface area contributed by atoms with Crippen molar-refractivity contribution in [3.63, 3.8) is 0 Å². The van der Waals surface area contributed by atoms with Crippen LogP contribution in [-0.4, -0.2) is 28.2 Å². The van der Waals surface area contributed by atoms with Gasteiger partial charge in [-0.2, -0.15) is 0 Å². The van der Waals surface area contributed by atoms with Crippen LogP contribution in [0.5, 0.6) is 5.75 Å². The van der Waals surface area contributed by atoms with E-state index in [1.807, 2.05) is 30.3 Å². The number of rotatable bonds is 7. The van der Waals surface area contributed by atoms with Crippen molar-refractivity contribution in [1.29, 1.82) is 0 Å². The van der Waals surface area contributed by atoms with E-state index in [9.17, 15) is 14.0 Å². The normalized spacial score (nSPS) is 14.6. The highest BCUT2D eigenvalue weighted by Crippen LogP contribution is 2.37. The van der Waals surface area contributed by atoms with Crippen LogP contribution in [-0.2, 0) is 24.4 Å². The van der Waals surface area contributed by atoms with Gasteiger partial charge in [-0.1, -0.05) is 24.3 Å². The molecular weight excluding hydrogens is 473 g/mol. The largest absolute Gasteiger partial charge is 0.486 e. The Labute approximate surface area is 213 Å². The molecular formula is C29H26FN3O4. The second kappa shape index (κ2) is 10.7. The Balaban J connectivity index is 1.29. The van der Waals surface area contributed by atoms with Crippen LogP contribution in [0.4, 0.5) is 4.39 Å². The van der Waals surface area contributed by atoms with Gasteiger partial charge in [0, 0.05) is 32.4 Å². The first-order valence-electron chi connectivity index (χ1n) is 12.0. The molecule has 1 unspecified atom stereocenters. The number of hydrogen-bond donors (Lipinski definition) is 1. The molecule has 8 heteroatoms. The minimum absolute atomic E-state index is 0.0452. The van der Waals surface area contributed by atoms with E-state index in [4.69, 9.17) is 9.15 Å². The molecule has 2 amide bonds. The van der Waals surface area contributed by atoms with Gasteiger partial charge in [-0.25, -0.2) is 4.39 Å². The van der Waals surface area contributed by atoms with E-state index >= 15 is 0 Å². The summed E-state index contributed by atoms with van der Waals surface area (Å²) < 4.78 is 25.2. The molecule has 0 saturated carbocycles. The van der Waals surface area contributed by atoms with Crippen LogP contribution in [0.15, 0.2) is 83.5 Å². The number of ether oxygens (including phenoxy) is 1. The van der Waals surface area contributed by atoms with Gasteiger partial charge in [0.05, 0.1) is 6.04 Å². The van der Waals surface area contributed by atoms with Gasteiger partial charge in [-0.15, -0.1) is 0 Å². The predicted molar refractivity (Wildman–Crippen MR) is 134 cm³/mol. The number of nitrogens with zero attached hydrogens (tertiary/aromatic N) is 2. The van der Waals surface area contributed by atoms with Crippen LogP contribution in [0.3, 0.4) is 0 Å². The van der Waals surface area contributed by atoms with Crippen molar-refractivity contribution in [2.24, 2.45) is 0 Å². The van der Waals surface area contributed by atoms with E-state index in [1.165, 1.54) is 12.1 Å². The van der Waals surface area contributed by atoms with Gasteiger partial charge in [0.15, 0.2) is 5.76 Å². The Hall–Kier alpha value is -4.46. The summed E-state index contributed by atoms with van der Waals surface area (Å²) in [7, 11) is 0. The molecule has 0 aliphatic carbocycles. The molecule has 1 aliphatic rings. The number of carbonyl (C=O) groups excluding carboxylic acids is 2. The summed E-state index contributed by atoms with van der Waals surface area (Å²) in [4.78, 5) is 30.7. The zero-order valence-electron chi connectivity index (χ0n) is 20.3. The summed E-state index contributed by atoms with van der Waals surface area (Å²) in [5.41, 5.74) is 3.79. The highest BCUT2D eigenvalue weighted by Gasteiger charge is 2.31. The number of fused-ring (bicyclic) bond motifs is 1. The molecule has 0 fully saturated rings. The number of pyridine rings is 1. The number of aromatic nitrogens is 1. The molecule has 1 atom stereocenters. The third kappa shape index (κ3) is 5.53. The maximum absolute atomic E-state index is 13.6. The van der Waals surface area contributed by atoms with Gasteiger partial charge in [0.1, 0.15) is 23.9 Å². The second-order valence-electron chi connectivity index (χ2n) is 8.88. The predicted octanol–water partition coefficient (Wildman–Crippen LogP) is 4.82. The molecule has 188 valence electrons. The summed E-state index contributed by atoms with van der Waals surface area (Å²) >= 11 is 0. The van der Waals surface area contributed by atoms with Crippen molar-refractivity contribution in [2.75, 3.05) is 6.54 Å². The Morgan fingerprint density at radius 1 is 1.14 bits per heavy atom. The van der Waals surface area contributed by atoms with E-state index < -0.39 is 0 Å². The summed E-state index contributed by atoms with van der Waals surface area (Å²) in [6, 6.07) is 18.7. The lowest BCUT2D eigenvalue weighted by molar-refractivity contribution is -0.130. The van der Waals surface area contributed by atoms with Crippen LogP contribution in [0.1, 0.15) is 51.5 Å². The van der Waals surface area contributed by atoms with E-state index in [-0.39, 0.29) is 36.0 Å². The van der Waals surface area contributed by atoms with Crippen LogP contribution in [0.25, 0.3) is 0 Å². The van der Waals surface area contributed by atoms with Gasteiger partial charge in [0.2, 0.25) is 5.91 Å². The number of benzene rings is 2. The quantitative estimate of drug-likeness (QED) is 0.394. The lowest BCUT2D eigenvalue weighted by atomic mass is 9.88. The van der Waals surface area contributed by atoms with Crippen molar-refractivity contribution in [1.82, 2.24) is 15.2 Å². The second-order valence-corrected chi connectivity index (χ2v) is 8.88. The summed E-state index contributed by atoms with van der Waals surface area (Å²) in [6.45, 7) is 2.61. The minimum atomic E-state index is -0.330. The Bertz CT molecular complexity index is 1400. The van der Waals surface area contributed by atoms with Crippen LogP contribution >= 0.6 is 0 Å². The lowest BCUT2D eigenvalue weighted by Gasteiger charge is -2.37. The fourth-order valence-electron chi connectivity index (χ4n) is 4.53. The monoisotopic (exact) mass is 499 g/mol. The molecule has 2 aromatic heterocycles. The molecule has 1 N–H and O–H groups in total. The maximum Gasteiger partial charge on any atom is 0.287 e. The first kappa shape index (κ1) is 24.2. The van der Waals surface area contributed by atoms with Gasteiger partial charge in [-0.3, -0.25) is 14.6 Å². The van der Waals surface area contributed by atoms with Crippen molar-refractivity contribution in [2.45, 2.75) is 32.5 Å². The molecule has 3 heterocycles. The molecule has 4 aromatic rings. The summed E-state index contributed by atoms with van der Waals surface area (Å²) in [6.07, 6.45) is 4.09. The van der Waals surface area contributed by atoms with E-state index in [1.54, 1.807) is 48.5 Å². The van der Waals surface area contributed by atoms with Gasteiger partial charge >= 0.3 is 0 Å². The van der Waals surface area contributed by atoms with E-state index in [2.05, 4.69) is 10.3 Å². The average molecular weight is 500 g/mol. The van der Waals surface area contributed by atoms with Gasteiger partial charge < -0.3 is 19.4 Å². The van der Waals surface area contributed by atoms with E-state index in [0.29, 0.717) is 24.6 Å². The van der Waals surface area contributed by atoms with E-state index in [0.717, 1.165) is 28.7 Å². The topological polar surface area (TPSA) is 84.7 Å². The fraction of sp³-hybridized carbons (Fsp3) is 0.207. The van der Waals surface area contributed by atoms with Crippen LogP contribution < -0.4 is 10.1 Å². The molecule has 1 aliphatic heterocycles. The minimum Gasteiger partial charge on any atom is -0.486 e. The highest BCUT2D eigenvalue weighted by atomic mass is 19.1. The standard InChI is InChI=1S/C29H26FN3O4/c1-19(34)33-14-12-21-6-9-24(15-26(21)28(33)22-4-7-23(30)8-5-22)36-18-25-10-11-27(37-25)29(35)32-17-20-3-2-13-31-16-20/h2-11,13,15-16,28H,12,14,17-18H2,1H3,(H,32,35). The first-order chi connectivity index (χ1) is 18.0. The zero-order valence-corrected chi connectivity index (χ0v) is 20.3. The molecule has 5 rings (SSSR count). The smallest absolute Gasteiger partial charge is 0.287 e. The lowest BCUT2D eigenvalue weighted by Crippen LogP contribution is -2.39. The Kier molecular flexibility index (Phi) is 6.98. The molecule has 7 nitrogen and oxygen atoms in total. The van der Waals surface area contributed by atoms with Crippen molar-refractivity contribution >= 4 is 11.8 Å². The number of hydrogen-bond acceptors (Lipinski definition) is 5. The van der Waals surface area contributed by atoms with Crippen molar-refractivity contribution in [3.8, 4) is 5.75 Å². The SMILES string of the molecule is CC(=O)N1CCc2ccc(OCc3ccc(C(=O)NCc4cccnc4)o3)cc2C1c1ccc(F)cc1. The Morgan fingerprint density at radius 3 is 2.73 bits per heavy atom. The third-order valence-electron chi connectivity index (χ3n) is 6.38. The first-order valence-corrected chi connectivity index (χ1v) is 12.0. The van der Waals surface area contributed by atoms with Crippen LogP contribution in [0, 0.1) is 5.82 Å². The molecule has 2 aromatic carbocycles. The molecule has 0 bridgehead atoms. The number of furan rings is 1. The maximum atomic E-state index is 13.6. The third-order valence-corrected chi connectivity index (χ3v) is 6.38. The summed E-state index contributed by atoms with van der Waals surface area (Å²) in [5.74, 6) is 0.614. The summed E-state index contributed by atoms with van der Waals surface area (Å²) in [5, 5.41) is 2.80. The Morgan fingerprint density at radius 2 is 1.97 bits per heavy atom. The van der Waals surface area contributed by atoms with Crippen molar-refractivity contribution < 1.29 is 23.1 Å². The molecule has 0 spiro atoms. The highest BCUT2D eigenvalue weighted by molar-refractivity contribution is 5.91. The number of nitrogens with one attached hydrogen (secondary N) is 1. The fourth-order valence-corrected chi connectivity index (χ4v) is 4.53. The van der Waals surface area contributed by atoms with Crippen LogP contribution in [0.2, 0.25) is 0 Å². The number of carbonyl (C=O) groups is 2. The molecule has 37 heavy (non-hydrogen) atoms. The average Bonchev–Trinajstić information content (AvgIpc) is 3.40. The molecule has 0 radical (unpaired) electrons. The van der Waals surface area contributed by atoms with Crippen molar-refractivity contribution in [3.05, 3.63) is 119 Å². The number of amides is 2. The number of halogens is 1. The van der Waals surface area contributed by atoms with Gasteiger partial charge in [-0.05, 0) is 71.1 Å². The zero-order chi connectivity index (χ0) is 25.8.